The van der Waals surface area contributed by atoms with Gasteiger partial charge in [0, 0.05) is 109 Å². The quantitative estimate of drug-likeness (QED) is 0.158. The van der Waals surface area contributed by atoms with Crippen molar-refractivity contribution in [1.82, 2.24) is 39.1 Å². The van der Waals surface area contributed by atoms with Crippen molar-refractivity contribution in [3.63, 3.8) is 0 Å². The van der Waals surface area contributed by atoms with Crippen molar-refractivity contribution in [3.8, 4) is 0 Å². The standard InChI is InChI=1S/C48H50N8.Mn/c1-5-52-23-15-34(16-24-52)45-43-14-13-40(51-43)32-39-10-9-37(49-39)31-38-11-12-41(50-38)33-44-46(35-17-25-53(6-2)26-18-35)47(36-19-27-54(7-3)28-20-36)48(45)56(44)42-21-29-55(8-4)30-22-42;/h9-23,25,27,29,31-33,49H,5-8,24,26,28,30H2,1-4H3;. The second kappa shape index (κ2) is 16.4. The van der Waals surface area contributed by atoms with Crippen molar-refractivity contribution in [2.24, 2.45) is 0 Å². The molecule has 0 aromatic carbocycles. The van der Waals surface area contributed by atoms with Crippen LogP contribution >= 0.6 is 0 Å². The third kappa shape index (κ3) is 7.45. The minimum atomic E-state index is 0. The third-order valence-corrected chi connectivity index (χ3v) is 11.4. The second-order valence-corrected chi connectivity index (χ2v) is 14.8. The first kappa shape index (κ1) is 38.1. The number of aromatic nitrogens is 4. The van der Waals surface area contributed by atoms with E-state index in [-0.39, 0.29) is 17.1 Å². The third-order valence-electron chi connectivity index (χ3n) is 11.4. The first-order valence-corrected chi connectivity index (χ1v) is 20.2. The number of rotatable bonds is 8. The minimum Gasteiger partial charge on any atom is -0.374 e. The fourth-order valence-electron chi connectivity index (χ4n) is 8.19. The molecule has 57 heavy (non-hydrogen) atoms. The number of nitrogens with one attached hydrogen (secondary N) is 1. The van der Waals surface area contributed by atoms with E-state index in [4.69, 9.17) is 9.97 Å². The first-order chi connectivity index (χ1) is 27.5. The zero-order chi connectivity index (χ0) is 38.2. The smallest absolute Gasteiger partial charge is 0.0737 e. The van der Waals surface area contributed by atoms with Gasteiger partial charge in [0.05, 0.1) is 33.8 Å². The van der Waals surface area contributed by atoms with Crippen molar-refractivity contribution in [1.29, 1.82) is 0 Å². The Morgan fingerprint density at radius 3 is 1.49 bits per heavy atom. The Kier molecular flexibility index (Phi) is 11.0. The summed E-state index contributed by atoms with van der Waals surface area (Å²) in [4.78, 5) is 23.6. The second-order valence-electron chi connectivity index (χ2n) is 14.8. The Hall–Kier alpha value is -5.76. The Morgan fingerprint density at radius 2 is 0.982 bits per heavy atom. The van der Waals surface area contributed by atoms with Crippen LogP contribution in [-0.2, 0) is 17.1 Å². The summed E-state index contributed by atoms with van der Waals surface area (Å²) in [5.41, 5.74) is 16.2. The Labute approximate surface area is 346 Å². The van der Waals surface area contributed by atoms with E-state index < -0.39 is 0 Å². The van der Waals surface area contributed by atoms with E-state index in [9.17, 15) is 0 Å². The minimum absolute atomic E-state index is 0. The average molecular weight is 794 g/mol. The van der Waals surface area contributed by atoms with Gasteiger partial charge in [-0.25, -0.2) is 9.97 Å². The van der Waals surface area contributed by atoms with Crippen molar-refractivity contribution >= 4 is 68.8 Å². The van der Waals surface area contributed by atoms with Gasteiger partial charge >= 0.3 is 0 Å². The van der Waals surface area contributed by atoms with Crippen LogP contribution in [-0.4, -0.2) is 91.5 Å². The molecule has 6 aliphatic heterocycles. The van der Waals surface area contributed by atoms with E-state index in [1.165, 1.54) is 27.8 Å². The zero-order valence-electron chi connectivity index (χ0n) is 33.3. The fraction of sp³-hybridized carbons (Fsp3) is 0.250. The van der Waals surface area contributed by atoms with Gasteiger partial charge in [0.15, 0.2) is 0 Å². The van der Waals surface area contributed by atoms with Crippen LogP contribution in [0.25, 0.3) is 68.8 Å². The average Bonchev–Trinajstić information content (AvgIpc) is 4.06. The molecular formula is C48H50MnN8. The molecule has 0 amide bonds. The molecule has 9 heteroatoms. The molecule has 9 rings (SSSR count). The molecule has 289 valence electrons. The maximum atomic E-state index is 5.43. The predicted octanol–water partition coefficient (Wildman–Crippen LogP) is 9.51. The molecule has 0 saturated carbocycles. The van der Waals surface area contributed by atoms with Crippen LogP contribution in [0.3, 0.4) is 0 Å². The molecule has 0 saturated heterocycles. The molecule has 1 radical (unpaired) electrons. The van der Waals surface area contributed by atoms with E-state index in [1.54, 1.807) is 0 Å². The monoisotopic (exact) mass is 793 g/mol. The molecule has 8 bridgehead atoms. The molecular weight excluding hydrogens is 744 g/mol. The normalized spacial score (nSPS) is 17.2. The van der Waals surface area contributed by atoms with Gasteiger partial charge in [-0.15, -0.1) is 0 Å². The van der Waals surface area contributed by atoms with Gasteiger partial charge in [-0.1, -0.05) is 18.2 Å². The van der Waals surface area contributed by atoms with E-state index in [0.29, 0.717) is 0 Å². The van der Waals surface area contributed by atoms with Crippen LogP contribution in [0.1, 0.15) is 67.2 Å². The van der Waals surface area contributed by atoms with Gasteiger partial charge in [0.1, 0.15) is 0 Å². The fourth-order valence-corrected chi connectivity index (χ4v) is 8.19. The Morgan fingerprint density at radius 1 is 0.509 bits per heavy atom. The van der Waals surface area contributed by atoms with Gasteiger partial charge < -0.3 is 29.2 Å². The number of H-pyrrole nitrogens is 1. The molecule has 1 N–H and O–H groups in total. The molecule has 8 nitrogen and oxygen atoms in total. The number of nitrogens with zero attached hydrogens (tertiary/aromatic N) is 7. The van der Waals surface area contributed by atoms with Crippen LogP contribution in [0, 0.1) is 0 Å². The number of hydrogen-bond acceptors (Lipinski definition) is 6. The first-order valence-electron chi connectivity index (χ1n) is 20.2. The van der Waals surface area contributed by atoms with Crippen LogP contribution < -0.4 is 0 Å². The Bertz CT molecular complexity index is 2560. The number of allylic oxidation sites excluding steroid dienone is 8. The predicted molar refractivity (Wildman–Crippen MR) is 236 cm³/mol. The molecule has 9 heterocycles. The van der Waals surface area contributed by atoms with E-state index in [1.807, 2.05) is 0 Å². The molecule has 3 aromatic rings. The van der Waals surface area contributed by atoms with E-state index >= 15 is 0 Å². The largest absolute Gasteiger partial charge is 0.374 e. The van der Waals surface area contributed by atoms with Gasteiger partial charge in [0.25, 0.3) is 0 Å². The molecule has 0 atom stereocenters. The van der Waals surface area contributed by atoms with Gasteiger partial charge in [-0.05, 0) is 148 Å². The van der Waals surface area contributed by atoms with Crippen molar-refractivity contribution < 1.29 is 17.1 Å². The molecule has 0 unspecified atom stereocenters. The van der Waals surface area contributed by atoms with Crippen LogP contribution in [0.15, 0.2) is 104 Å². The molecule has 3 aromatic heterocycles. The maximum absolute atomic E-state index is 5.43. The zero-order valence-corrected chi connectivity index (χ0v) is 34.5. The van der Waals surface area contributed by atoms with E-state index in [0.717, 1.165) is 108 Å². The number of fused-ring (bicyclic) bond motifs is 8. The Balaban J connectivity index is 0.00000455. The summed E-state index contributed by atoms with van der Waals surface area (Å²) in [7, 11) is 0. The SMILES string of the molecule is CCN1C=CC(c2c(C3=CCN(CC)C=C3)c3c(C4=CCN(CC)C=C4)c4nc(cc5ccc(cc6nc(cc2n3C2=CCN(CC)C=C2)C=C6)[nH]5)C=C4)=CC1.[Mn]. The summed E-state index contributed by atoms with van der Waals surface area (Å²) in [6.07, 6.45) is 36.4. The van der Waals surface area contributed by atoms with Crippen LogP contribution in [0.5, 0.6) is 0 Å². The van der Waals surface area contributed by atoms with Gasteiger partial charge in [-0.3, -0.25) is 0 Å². The molecule has 0 spiro atoms. The number of aromatic amines is 1. The van der Waals surface area contributed by atoms with Crippen molar-refractivity contribution in [2.45, 2.75) is 27.7 Å². The number of hydrogen-bond donors (Lipinski definition) is 1. The molecule has 0 fully saturated rings. The number of likely N-dealkylation sites (N-methyl/N-ethyl adjacent to an activating group) is 4. The van der Waals surface area contributed by atoms with Crippen LogP contribution in [0.2, 0.25) is 0 Å². The van der Waals surface area contributed by atoms with Crippen LogP contribution in [0.4, 0.5) is 0 Å². The summed E-state index contributed by atoms with van der Waals surface area (Å²) < 4.78 is 2.52. The summed E-state index contributed by atoms with van der Waals surface area (Å²) in [6.45, 7) is 16.0. The summed E-state index contributed by atoms with van der Waals surface area (Å²) in [5.74, 6) is 0. The van der Waals surface area contributed by atoms with Gasteiger partial charge in [-0.2, -0.15) is 0 Å². The maximum Gasteiger partial charge on any atom is 0.0737 e. The molecule has 0 aliphatic carbocycles. The summed E-state index contributed by atoms with van der Waals surface area (Å²) in [6, 6.07) is 10.8. The summed E-state index contributed by atoms with van der Waals surface area (Å²) >= 11 is 0. The van der Waals surface area contributed by atoms with Crippen molar-refractivity contribution in [2.75, 3.05) is 52.4 Å². The van der Waals surface area contributed by atoms with Gasteiger partial charge in [0.2, 0.25) is 0 Å². The molecule has 6 aliphatic rings. The summed E-state index contributed by atoms with van der Waals surface area (Å²) in [5, 5.41) is 0. The van der Waals surface area contributed by atoms with E-state index in [2.05, 4.69) is 185 Å². The van der Waals surface area contributed by atoms with Crippen molar-refractivity contribution in [3.05, 3.63) is 143 Å². The topological polar surface area (TPSA) is 59.5 Å².